The van der Waals surface area contributed by atoms with Crippen molar-refractivity contribution in [3.63, 3.8) is 0 Å². The molecule has 0 aliphatic heterocycles. The van der Waals surface area contributed by atoms with Crippen LogP contribution in [0.4, 0.5) is 0 Å². The lowest BCUT2D eigenvalue weighted by molar-refractivity contribution is 0.474. The first-order valence-electron chi connectivity index (χ1n) is 8.55. The number of aliphatic imine (C=N–C) groups is 1. The van der Waals surface area contributed by atoms with E-state index in [0.717, 1.165) is 11.3 Å². The van der Waals surface area contributed by atoms with Crippen molar-refractivity contribution in [1.82, 2.24) is 4.98 Å². The predicted octanol–water partition coefficient (Wildman–Crippen LogP) is 6.43. The Hall–Kier alpha value is -2.13. The van der Waals surface area contributed by atoms with Crippen LogP contribution < -0.4 is 0 Å². The molecular formula is C21H27ClN2O. The Morgan fingerprint density at radius 1 is 1.24 bits per heavy atom. The highest BCUT2D eigenvalue weighted by Crippen LogP contribution is 2.24. The first-order chi connectivity index (χ1) is 11.9. The van der Waals surface area contributed by atoms with Crippen LogP contribution in [0.2, 0.25) is 5.02 Å². The smallest absolute Gasteiger partial charge is 0.124 e. The van der Waals surface area contributed by atoms with E-state index in [1.807, 2.05) is 19.1 Å². The second-order valence-corrected chi connectivity index (χ2v) is 6.26. The summed E-state index contributed by atoms with van der Waals surface area (Å²) in [5, 5.41) is 10.4. The van der Waals surface area contributed by atoms with Crippen LogP contribution in [0.5, 0.6) is 5.75 Å². The minimum atomic E-state index is 0.140. The Balaban J connectivity index is 0.000000550. The van der Waals surface area contributed by atoms with Gasteiger partial charge in [-0.05, 0) is 43.7 Å². The molecule has 2 rings (SSSR count). The van der Waals surface area contributed by atoms with Crippen LogP contribution in [-0.4, -0.2) is 15.8 Å². The number of benzene rings is 1. The van der Waals surface area contributed by atoms with Crippen LogP contribution in [-0.2, 0) is 0 Å². The van der Waals surface area contributed by atoms with Gasteiger partial charge >= 0.3 is 0 Å². The van der Waals surface area contributed by atoms with Gasteiger partial charge in [0.15, 0.2) is 0 Å². The van der Waals surface area contributed by atoms with Crippen LogP contribution in [0.3, 0.4) is 0 Å². The molecule has 4 heteroatoms. The number of phenols is 1. The third-order valence-electron chi connectivity index (χ3n) is 3.64. The number of halogens is 1. The molecule has 2 aromatic rings. The van der Waals surface area contributed by atoms with Crippen LogP contribution >= 0.6 is 11.6 Å². The highest BCUT2D eigenvalue weighted by atomic mass is 35.5. The lowest BCUT2D eigenvalue weighted by atomic mass is 10.1. The van der Waals surface area contributed by atoms with E-state index >= 15 is 0 Å². The molecule has 0 unspecified atom stereocenters. The number of hydrogen-bond donors (Lipinski definition) is 1. The van der Waals surface area contributed by atoms with E-state index in [0.29, 0.717) is 22.0 Å². The van der Waals surface area contributed by atoms with E-state index < -0.39 is 0 Å². The molecule has 0 bridgehead atoms. The van der Waals surface area contributed by atoms with Crippen molar-refractivity contribution in [2.45, 2.75) is 47.0 Å². The fourth-order valence-corrected chi connectivity index (χ4v) is 2.43. The van der Waals surface area contributed by atoms with Gasteiger partial charge in [-0.3, -0.25) is 9.98 Å². The largest absolute Gasteiger partial charge is 0.507 e. The molecule has 0 fully saturated rings. The van der Waals surface area contributed by atoms with Gasteiger partial charge in [-0.2, -0.15) is 0 Å². The molecule has 0 atom stereocenters. The van der Waals surface area contributed by atoms with Crippen LogP contribution in [0, 0.1) is 6.92 Å². The number of nitrogens with zero attached hydrogens (tertiary/aromatic N) is 2. The number of aryl methyl sites for hydroxylation is 1. The van der Waals surface area contributed by atoms with Gasteiger partial charge in [-0.15, -0.1) is 0 Å². The van der Waals surface area contributed by atoms with Gasteiger partial charge in [0.2, 0.25) is 0 Å². The molecule has 1 aromatic carbocycles. The van der Waals surface area contributed by atoms with Crippen LogP contribution in [0.25, 0.3) is 5.70 Å². The summed E-state index contributed by atoms with van der Waals surface area (Å²) in [4.78, 5) is 8.69. The Morgan fingerprint density at radius 3 is 2.48 bits per heavy atom. The number of unbranched alkanes of at least 4 members (excludes halogenated alkanes) is 2. The SMILES string of the molecule is C=C(N=C(C)c1cc(Cl)ccc1O)c1ncccc1C.CCCCC. The van der Waals surface area contributed by atoms with Crippen molar-refractivity contribution in [1.29, 1.82) is 0 Å². The van der Waals surface area contributed by atoms with Crippen molar-refractivity contribution in [3.8, 4) is 5.75 Å². The van der Waals surface area contributed by atoms with Crippen molar-refractivity contribution >= 4 is 23.0 Å². The molecule has 134 valence electrons. The molecule has 1 N–H and O–H groups in total. The highest BCUT2D eigenvalue weighted by molar-refractivity contribution is 6.31. The Labute approximate surface area is 156 Å². The fraction of sp³-hybridized carbons (Fsp3) is 0.333. The summed E-state index contributed by atoms with van der Waals surface area (Å²) in [5.74, 6) is 0.140. The van der Waals surface area contributed by atoms with Crippen molar-refractivity contribution < 1.29 is 5.11 Å². The van der Waals surface area contributed by atoms with E-state index in [-0.39, 0.29) is 5.75 Å². The van der Waals surface area contributed by atoms with Gasteiger partial charge in [-0.25, -0.2) is 0 Å². The Kier molecular flexibility index (Phi) is 8.93. The molecule has 1 heterocycles. The minimum absolute atomic E-state index is 0.140. The summed E-state index contributed by atoms with van der Waals surface area (Å²) < 4.78 is 0. The van der Waals surface area contributed by atoms with E-state index in [1.54, 1.807) is 31.3 Å². The maximum Gasteiger partial charge on any atom is 0.124 e. The monoisotopic (exact) mass is 358 g/mol. The van der Waals surface area contributed by atoms with Crippen molar-refractivity contribution in [3.05, 3.63) is 65.0 Å². The van der Waals surface area contributed by atoms with Gasteiger partial charge in [0.1, 0.15) is 5.75 Å². The first-order valence-corrected chi connectivity index (χ1v) is 8.93. The zero-order valence-electron chi connectivity index (χ0n) is 15.5. The third kappa shape index (κ3) is 6.71. The quantitative estimate of drug-likeness (QED) is 0.626. The summed E-state index contributed by atoms with van der Waals surface area (Å²) in [7, 11) is 0. The maximum atomic E-state index is 9.86. The Morgan fingerprint density at radius 2 is 1.92 bits per heavy atom. The molecule has 25 heavy (non-hydrogen) atoms. The summed E-state index contributed by atoms with van der Waals surface area (Å²) in [6.07, 6.45) is 5.78. The molecule has 0 saturated carbocycles. The standard InChI is InChI=1S/C16H15ClN2O.C5H12/c1-10-5-4-8-18-16(10)12(3)19-11(2)14-9-13(17)6-7-15(14)20;1-3-5-4-2/h4-9,20H,3H2,1-2H3;3-5H2,1-2H3. The number of rotatable bonds is 5. The second kappa shape index (κ2) is 10.7. The molecule has 0 spiro atoms. The number of phenolic OH excluding ortho intramolecular Hbond substituents is 1. The summed E-state index contributed by atoms with van der Waals surface area (Å²) in [6, 6.07) is 8.67. The average molecular weight is 359 g/mol. The zero-order chi connectivity index (χ0) is 18.8. The van der Waals surface area contributed by atoms with E-state index in [9.17, 15) is 5.11 Å². The van der Waals surface area contributed by atoms with Crippen molar-refractivity contribution in [2.24, 2.45) is 4.99 Å². The van der Waals surface area contributed by atoms with Gasteiger partial charge in [0.05, 0.1) is 11.4 Å². The third-order valence-corrected chi connectivity index (χ3v) is 3.88. The molecule has 0 saturated heterocycles. The number of aromatic nitrogens is 1. The molecule has 0 amide bonds. The Bertz CT molecular complexity index is 736. The average Bonchev–Trinajstić information content (AvgIpc) is 2.58. The highest BCUT2D eigenvalue weighted by Gasteiger charge is 2.08. The normalized spacial score (nSPS) is 10.8. The molecular weight excluding hydrogens is 332 g/mol. The topological polar surface area (TPSA) is 45.5 Å². The molecule has 1 aromatic heterocycles. The van der Waals surface area contributed by atoms with Gasteiger partial charge < -0.3 is 5.11 Å². The van der Waals surface area contributed by atoms with E-state index in [4.69, 9.17) is 11.6 Å². The number of aromatic hydroxyl groups is 1. The maximum absolute atomic E-state index is 9.86. The lowest BCUT2D eigenvalue weighted by Gasteiger charge is -2.07. The summed E-state index contributed by atoms with van der Waals surface area (Å²) in [5.41, 5.74) is 3.53. The first kappa shape index (κ1) is 20.9. The minimum Gasteiger partial charge on any atom is -0.507 e. The molecule has 0 aliphatic rings. The zero-order valence-corrected chi connectivity index (χ0v) is 16.3. The predicted molar refractivity (Wildman–Crippen MR) is 109 cm³/mol. The van der Waals surface area contributed by atoms with E-state index in [2.05, 4.69) is 30.4 Å². The van der Waals surface area contributed by atoms with Gasteiger partial charge in [-0.1, -0.05) is 57.4 Å². The summed E-state index contributed by atoms with van der Waals surface area (Å²) in [6.45, 7) is 12.1. The van der Waals surface area contributed by atoms with Crippen LogP contribution in [0.1, 0.15) is 56.9 Å². The molecule has 0 radical (unpaired) electrons. The number of hydrogen-bond acceptors (Lipinski definition) is 3. The van der Waals surface area contributed by atoms with Crippen LogP contribution in [0.15, 0.2) is 48.1 Å². The fourth-order valence-electron chi connectivity index (χ4n) is 2.26. The molecule has 0 aliphatic carbocycles. The van der Waals surface area contributed by atoms with Crippen molar-refractivity contribution in [2.75, 3.05) is 0 Å². The van der Waals surface area contributed by atoms with Gasteiger partial charge in [0, 0.05) is 22.5 Å². The second-order valence-electron chi connectivity index (χ2n) is 5.83. The molecule has 3 nitrogen and oxygen atoms in total. The summed E-state index contributed by atoms with van der Waals surface area (Å²) >= 11 is 5.94. The lowest BCUT2D eigenvalue weighted by Crippen LogP contribution is -1.98. The van der Waals surface area contributed by atoms with Gasteiger partial charge in [0.25, 0.3) is 0 Å². The van der Waals surface area contributed by atoms with E-state index in [1.165, 1.54) is 19.3 Å². The number of pyridine rings is 1.